The van der Waals surface area contributed by atoms with Crippen LogP contribution >= 0.6 is 0 Å². The molecule has 0 aromatic rings. The first kappa shape index (κ1) is 11.4. The Morgan fingerprint density at radius 2 is 2.25 bits per heavy atom. The van der Waals surface area contributed by atoms with Crippen LogP contribution in [0.15, 0.2) is 0 Å². The van der Waals surface area contributed by atoms with Crippen molar-refractivity contribution in [2.75, 3.05) is 20.3 Å². The van der Waals surface area contributed by atoms with E-state index in [1.165, 1.54) is 7.11 Å². The van der Waals surface area contributed by atoms with Crippen LogP contribution in [0.4, 0.5) is 0 Å². The highest BCUT2D eigenvalue weighted by atomic mass is 16.5. The molecule has 0 unspecified atom stereocenters. The topological polar surface area (TPSA) is 61.5 Å². The van der Waals surface area contributed by atoms with Crippen LogP contribution in [-0.4, -0.2) is 32.3 Å². The van der Waals surface area contributed by atoms with E-state index in [9.17, 15) is 4.79 Å². The number of rotatable bonds is 6. The lowest BCUT2D eigenvalue weighted by Crippen LogP contribution is -2.36. The maximum Gasteiger partial charge on any atom is 0.325 e. The van der Waals surface area contributed by atoms with Gasteiger partial charge in [0.25, 0.3) is 0 Å². The molecule has 4 heteroatoms. The van der Waals surface area contributed by atoms with Crippen molar-refractivity contribution in [1.29, 1.82) is 0 Å². The molecule has 0 rings (SSSR count). The molecule has 2 N–H and O–H groups in total. The monoisotopic (exact) mass is 175 g/mol. The second-order valence-corrected chi connectivity index (χ2v) is 2.58. The number of methoxy groups -OCH3 is 1. The first-order valence-electron chi connectivity index (χ1n) is 4.13. The molecule has 0 spiro atoms. The highest BCUT2D eigenvalue weighted by molar-refractivity contribution is 5.75. The molecule has 0 saturated heterocycles. The summed E-state index contributed by atoms with van der Waals surface area (Å²) < 4.78 is 9.56. The summed E-state index contributed by atoms with van der Waals surface area (Å²) in [6.45, 7) is 2.70. The lowest BCUT2D eigenvalue weighted by molar-refractivity contribution is -0.146. The van der Waals surface area contributed by atoms with Crippen molar-refractivity contribution in [2.24, 2.45) is 5.73 Å². The first-order chi connectivity index (χ1) is 5.72. The lowest BCUT2D eigenvalue weighted by Gasteiger charge is -2.09. The van der Waals surface area contributed by atoms with Gasteiger partial charge in [0.1, 0.15) is 6.04 Å². The van der Waals surface area contributed by atoms with Crippen LogP contribution in [0.3, 0.4) is 0 Å². The highest BCUT2D eigenvalue weighted by Crippen LogP contribution is 1.91. The molecule has 0 heterocycles. The molecule has 0 fully saturated rings. The lowest BCUT2D eigenvalue weighted by atomic mass is 10.3. The second-order valence-electron chi connectivity index (χ2n) is 2.58. The van der Waals surface area contributed by atoms with E-state index in [0.717, 1.165) is 12.8 Å². The van der Waals surface area contributed by atoms with Gasteiger partial charge in [0.05, 0.1) is 13.2 Å². The van der Waals surface area contributed by atoms with Gasteiger partial charge in [-0.25, -0.2) is 0 Å². The van der Waals surface area contributed by atoms with Gasteiger partial charge in [0.2, 0.25) is 0 Å². The van der Waals surface area contributed by atoms with Gasteiger partial charge in [-0.3, -0.25) is 4.79 Å². The Kier molecular flexibility index (Phi) is 6.70. The summed E-state index contributed by atoms with van der Waals surface area (Å²) in [5, 5.41) is 0. The predicted octanol–water partition coefficient (Wildman–Crippen LogP) is 0.303. The first-order valence-corrected chi connectivity index (χ1v) is 4.13. The maximum atomic E-state index is 11.0. The standard InChI is InChI=1S/C8H17NO3/c1-3-4-5-12-8(10)7(9)6-11-2/h7H,3-6,9H2,1-2H3/t7-/m1/s1. The van der Waals surface area contributed by atoms with Gasteiger partial charge in [-0.05, 0) is 6.42 Å². The number of carbonyl (C=O) groups is 1. The number of hydrogen-bond acceptors (Lipinski definition) is 4. The van der Waals surface area contributed by atoms with Gasteiger partial charge in [-0.15, -0.1) is 0 Å². The molecular formula is C8H17NO3. The Balaban J connectivity index is 3.43. The highest BCUT2D eigenvalue weighted by Gasteiger charge is 2.13. The van der Waals surface area contributed by atoms with Crippen LogP contribution in [-0.2, 0) is 14.3 Å². The summed E-state index contributed by atoms with van der Waals surface area (Å²) in [5.41, 5.74) is 5.41. The molecule has 1 atom stereocenters. The molecule has 12 heavy (non-hydrogen) atoms. The summed E-state index contributed by atoms with van der Waals surface area (Å²) in [4.78, 5) is 11.0. The van der Waals surface area contributed by atoms with Gasteiger partial charge in [-0.2, -0.15) is 0 Å². The van der Waals surface area contributed by atoms with Gasteiger partial charge in [-0.1, -0.05) is 13.3 Å². The number of carbonyl (C=O) groups excluding carboxylic acids is 1. The van der Waals surface area contributed by atoms with Crippen molar-refractivity contribution in [3.05, 3.63) is 0 Å². The third kappa shape index (κ3) is 5.09. The molecule has 72 valence electrons. The van der Waals surface area contributed by atoms with E-state index >= 15 is 0 Å². The molecule has 0 amide bonds. The van der Waals surface area contributed by atoms with Crippen molar-refractivity contribution in [1.82, 2.24) is 0 Å². The average molecular weight is 175 g/mol. The normalized spacial score (nSPS) is 12.6. The molecule has 0 aromatic carbocycles. The third-order valence-corrected chi connectivity index (χ3v) is 1.39. The van der Waals surface area contributed by atoms with Crippen LogP contribution in [0, 0.1) is 0 Å². The van der Waals surface area contributed by atoms with E-state index < -0.39 is 6.04 Å². The van der Waals surface area contributed by atoms with Crippen LogP contribution in [0.25, 0.3) is 0 Å². The zero-order chi connectivity index (χ0) is 9.40. The Labute approximate surface area is 73.0 Å². The largest absolute Gasteiger partial charge is 0.464 e. The van der Waals surface area contributed by atoms with Gasteiger partial charge < -0.3 is 15.2 Å². The molecule has 4 nitrogen and oxygen atoms in total. The molecule has 0 saturated carbocycles. The fourth-order valence-corrected chi connectivity index (χ4v) is 0.672. The van der Waals surface area contributed by atoms with Crippen LogP contribution in [0.5, 0.6) is 0 Å². The number of ether oxygens (including phenoxy) is 2. The second kappa shape index (κ2) is 7.06. The summed E-state index contributed by atoms with van der Waals surface area (Å²) >= 11 is 0. The van der Waals surface area contributed by atoms with Crippen molar-refractivity contribution in [3.63, 3.8) is 0 Å². The minimum atomic E-state index is -0.646. The quantitative estimate of drug-likeness (QED) is 0.466. The van der Waals surface area contributed by atoms with E-state index in [4.69, 9.17) is 15.2 Å². The minimum Gasteiger partial charge on any atom is -0.464 e. The Hall–Kier alpha value is -0.610. The van der Waals surface area contributed by atoms with E-state index in [2.05, 4.69) is 0 Å². The number of unbranched alkanes of at least 4 members (excludes halogenated alkanes) is 1. The van der Waals surface area contributed by atoms with Gasteiger partial charge in [0, 0.05) is 7.11 Å². The molecular weight excluding hydrogens is 158 g/mol. The number of nitrogens with two attached hydrogens (primary N) is 1. The van der Waals surface area contributed by atoms with Crippen LogP contribution in [0.1, 0.15) is 19.8 Å². The average Bonchev–Trinajstić information content (AvgIpc) is 2.05. The van der Waals surface area contributed by atoms with Crippen LogP contribution < -0.4 is 5.73 Å². The summed E-state index contributed by atoms with van der Waals surface area (Å²) in [7, 11) is 1.50. The van der Waals surface area contributed by atoms with Crippen molar-refractivity contribution < 1.29 is 14.3 Å². The van der Waals surface area contributed by atoms with Crippen molar-refractivity contribution in [2.45, 2.75) is 25.8 Å². The third-order valence-electron chi connectivity index (χ3n) is 1.39. The molecule has 0 aliphatic carbocycles. The zero-order valence-corrected chi connectivity index (χ0v) is 7.71. The summed E-state index contributed by atoms with van der Waals surface area (Å²) in [6.07, 6.45) is 1.89. The Morgan fingerprint density at radius 3 is 2.75 bits per heavy atom. The van der Waals surface area contributed by atoms with E-state index in [1.807, 2.05) is 6.92 Å². The minimum absolute atomic E-state index is 0.213. The van der Waals surface area contributed by atoms with E-state index in [1.54, 1.807) is 0 Å². The number of hydrogen-bond donors (Lipinski definition) is 1. The molecule has 0 bridgehead atoms. The predicted molar refractivity (Wildman–Crippen MR) is 45.7 cm³/mol. The van der Waals surface area contributed by atoms with Crippen LogP contribution in [0.2, 0.25) is 0 Å². The molecule has 0 radical (unpaired) electrons. The van der Waals surface area contributed by atoms with Crippen molar-refractivity contribution in [3.8, 4) is 0 Å². The SMILES string of the molecule is CCCCOC(=O)[C@H](N)COC. The molecule has 0 aromatic heterocycles. The van der Waals surface area contributed by atoms with Gasteiger partial charge in [0.15, 0.2) is 0 Å². The van der Waals surface area contributed by atoms with Crippen molar-refractivity contribution >= 4 is 5.97 Å². The Bertz CT molecular complexity index is 127. The van der Waals surface area contributed by atoms with E-state index in [-0.39, 0.29) is 12.6 Å². The smallest absolute Gasteiger partial charge is 0.325 e. The fraction of sp³-hybridized carbons (Fsp3) is 0.875. The fourth-order valence-electron chi connectivity index (χ4n) is 0.672. The summed E-state index contributed by atoms with van der Waals surface area (Å²) in [6, 6.07) is -0.646. The molecule has 0 aliphatic rings. The Morgan fingerprint density at radius 1 is 1.58 bits per heavy atom. The van der Waals surface area contributed by atoms with Gasteiger partial charge >= 0.3 is 5.97 Å². The maximum absolute atomic E-state index is 11.0. The van der Waals surface area contributed by atoms with E-state index in [0.29, 0.717) is 6.61 Å². The zero-order valence-electron chi connectivity index (χ0n) is 7.71. The molecule has 0 aliphatic heterocycles. The number of esters is 1. The summed E-state index contributed by atoms with van der Waals surface area (Å²) in [5.74, 6) is -0.384.